The van der Waals surface area contributed by atoms with E-state index >= 15 is 0 Å². The maximum Gasteiger partial charge on any atom is 0.241 e. The van der Waals surface area contributed by atoms with Crippen molar-refractivity contribution in [1.29, 1.82) is 0 Å². The van der Waals surface area contributed by atoms with Gasteiger partial charge in [0.2, 0.25) is 23.0 Å². The minimum atomic E-state index is -0.406. The molecule has 2 amide bonds. The topological polar surface area (TPSA) is 122 Å². The molecular formula is C34H41N5O6. The molecule has 2 heterocycles. The molecule has 45 heavy (non-hydrogen) atoms. The molecule has 238 valence electrons. The van der Waals surface area contributed by atoms with Crippen LogP contribution in [0.5, 0.6) is 17.2 Å². The number of benzene rings is 1. The first-order valence-electron chi connectivity index (χ1n) is 15.2. The first-order valence-corrected chi connectivity index (χ1v) is 15.2. The zero-order chi connectivity index (χ0) is 31.9. The number of aromatic nitrogens is 1. The van der Waals surface area contributed by atoms with Crippen LogP contribution in [-0.2, 0) is 22.4 Å². The number of pyridine rings is 1. The average molecular weight is 616 g/mol. The molecule has 0 unspecified atom stereocenters. The lowest BCUT2D eigenvalue weighted by Crippen LogP contribution is -2.50. The summed E-state index contributed by atoms with van der Waals surface area (Å²) >= 11 is 0. The molecule has 1 atom stereocenters. The fraction of sp³-hybridized carbons (Fsp3) is 0.412. The Bertz CT molecular complexity index is 1590. The second-order valence-corrected chi connectivity index (χ2v) is 11.3. The summed E-state index contributed by atoms with van der Waals surface area (Å²) in [6.45, 7) is 5.27. The highest BCUT2D eigenvalue weighted by molar-refractivity contribution is 5.84. The number of methoxy groups -OCH3 is 3. The predicted molar refractivity (Wildman–Crippen MR) is 172 cm³/mol. The SMILES string of the molecule is COc1cc2c(c(OC)c1OC)-c1ccc(NCC(=O)N3CCN(CCc4ccncc4)CC3)c(=O)cc1[C@H](NC(C)=O)CC2. The zero-order valence-corrected chi connectivity index (χ0v) is 26.4. The normalized spacial score (nSPS) is 16.1. The highest BCUT2D eigenvalue weighted by atomic mass is 16.5. The van der Waals surface area contributed by atoms with Gasteiger partial charge in [0.15, 0.2) is 11.5 Å². The minimum absolute atomic E-state index is 0.000982. The van der Waals surface area contributed by atoms with Gasteiger partial charge < -0.3 is 29.7 Å². The summed E-state index contributed by atoms with van der Waals surface area (Å²) < 4.78 is 17.1. The fourth-order valence-electron chi connectivity index (χ4n) is 6.19. The molecule has 1 aliphatic carbocycles. The van der Waals surface area contributed by atoms with Gasteiger partial charge in [-0.25, -0.2) is 0 Å². The number of ether oxygens (including phenoxy) is 3. The van der Waals surface area contributed by atoms with E-state index in [4.69, 9.17) is 14.2 Å². The van der Waals surface area contributed by atoms with Crippen molar-refractivity contribution in [3.8, 4) is 28.4 Å². The number of hydrogen-bond acceptors (Lipinski definition) is 9. The van der Waals surface area contributed by atoms with E-state index in [0.717, 1.165) is 42.7 Å². The Morgan fingerprint density at radius 2 is 1.69 bits per heavy atom. The molecule has 1 aromatic heterocycles. The number of anilines is 1. The van der Waals surface area contributed by atoms with Gasteiger partial charge in [0.25, 0.3) is 0 Å². The number of carbonyl (C=O) groups is 2. The van der Waals surface area contributed by atoms with Gasteiger partial charge in [0.1, 0.15) is 0 Å². The van der Waals surface area contributed by atoms with Crippen LogP contribution in [0.25, 0.3) is 11.1 Å². The second-order valence-electron chi connectivity index (χ2n) is 11.3. The monoisotopic (exact) mass is 615 g/mol. The standard InChI is InChI=1S/C34H41N5O6/c1-22(40)37-27-7-5-24-19-30(43-2)33(44-3)34(45-4)32(24)25-6-8-28(29(41)20-26(25)27)36-21-31(42)39-17-15-38(16-18-39)14-11-23-9-12-35-13-10-23/h6,8-10,12-13,19-20,27H,5,7,11,14-18,21H2,1-4H3,(H,36,41)(H,37,40)/t27-/m1/s1. The molecule has 3 aromatic rings. The Labute approximate surface area is 263 Å². The Kier molecular flexibility index (Phi) is 10.2. The Morgan fingerprint density at radius 3 is 2.36 bits per heavy atom. The third kappa shape index (κ3) is 7.20. The summed E-state index contributed by atoms with van der Waals surface area (Å²) in [6.07, 6.45) is 5.74. The van der Waals surface area contributed by atoms with Crippen LogP contribution >= 0.6 is 0 Å². The highest BCUT2D eigenvalue weighted by Gasteiger charge is 2.29. The van der Waals surface area contributed by atoms with Gasteiger partial charge in [0.05, 0.1) is 39.6 Å². The number of nitrogens with zero attached hydrogens (tertiary/aromatic N) is 3. The van der Waals surface area contributed by atoms with Gasteiger partial charge in [-0.05, 0) is 71.8 Å². The van der Waals surface area contributed by atoms with Crippen molar-refractivity contribution in [3.05, 3.63) is 75.7 Å². The van der Waals surface area contributed by atoms with Crippen molar-refractivity contribution < 1.29 is 23.8 Å². The van der Waals surface area contributed by atoms with Gasteiger partial charge >= 0.3 is 0 Å². The number of amides is 2. The van der Waals surface area contributed by atoms with Crippen LogP contribution in [0.2, 0.25) is 0 Å². The van der Waals surface area contributed by atoms with Crippen LogP contribution in [0, 0.1) is 0 Å². The van der Waals surface area contributed by atoms with Crippen LogP contribution in [0.15, 0.2) is 53.6 Å². The van der Waals surface area contributed by atoms with E-state index in [-0.39, 0.29) is 23.8 Å². The van der Waals surface area contributed by atoms with Gasteiger partial charge in [-0.3, -0.25) is 24.3 Å². The van der Waals surface area contributed by atoms with Gasteiger partial charge in [-0.2, -0.15) is 0 Å². The molecule has 2 N–H and O–H groups in total. The van der Waals surface area contributed by atoms with E-state index < -0.39 is 6.04 Å². The molecule has 2 aliphatic rings. The maximum atomic E-state index is 13.6. The van der Waals surface area contributed by atoms with Crippen molar-refractivity contribution in [3.63, 3.8) is 0 Å². The molecule has 0 spiro atoms. The molecule has 0 saturated carbocycles. The molecule has 0 radical (unpaired) electrons. The zero-order valence-electron chi connectivity index (χ0n) is 26.4. The Hall–Kier alpha value is -4.64. The number of aryl methyl sites for hydroxylation is 1. The van der Waals surface area contributed by atoms with Crippen molar-refractivity contribution in [2.24, 2.45) is 0 Å². The molecule has 11 nitrogen and oxygen atoms in total. The van der Waals surface area contributed by atoms with Gasteiger partial charge in [-0.1, -0.05) is 6.07 Å². The summed E-state index contributed by atoms with van der Waals surface area (Å²) in [4.78, 5) is 47.2. The second kappa shape index (κ2) is 14.4. The van der Waals surface area contributed by atoms with Crippen molar-refractivity contribution in [1.82, 2.24) is 20.1 Å². The Balaban J connectivity index is 1.35. The number of fused-ring (bicyclic) bond motifs is 3. The quantitative estimate of drug-likeness (QED) is 0.354. The molecule has 1 fully saturated rings. The van der Waals surface area contributed by atoms with Crippen LogP contribution in [-0.4, -0.2) is 87.2 Å². The number of carbonyl (C=O) groups excluding carboxylic acids is 2. The molecule has 2 aromatic carbocycles. The van der Waals surface area contributed by atoms with Crippen LogP contribution in [0.4, 0.5) is 5.69 Å². The van der Waals surface area contributed by atoms with Crippen molar-refractivity contribution >= 4 is 17.5 Å². The maximum absolute atomic E-state index is 13.6. The molecule has 0 bridgehead atoms. The average Bonchev–Trinajstić information content (AvgIpc) is 3.30. The minimum Gasteiger partial charge on any atom is -0.493 e. The van der Waals surface area contributed by atoms with Gasteiger partial charge in [0, 0.05) is 57.6 Å². The molecule has 1 aliphatic heterocycles. The third-order valence-electron chi connectivity index (χ3n) is 8.54. The molecule has 1 saturated heterocycles. The van der Waals surface area contributed by atoms with Crippen molar-refractivity contribution in [2.75, 3.05) is 65.9 Å². The first kappa shape index (κ1) is 31.8. The molecule has 11 heteroatoms. The van der Waals surface area contributed by atoms with Crippen molar-refractivity contribution in [2.45, 2.75) is 32.2 Å². The smallest absolute Gasteiger partial charge is 0.241 e. The van der Waals surface area contributed by atoms with E-state index in [0.29, 0.717) is 54.4 Å². The number of piperazine rings is 1. The van der Waals surface area contributed by atoms with Crippen LogP contribution < -0.4 is 30.3 Å². The highest BCUT2D eigenvalue weighted by Crippen LogP contribution is 2.50. The largest absolute Gasteiger partial charge is 0.493 e. The lowest BCUT2D eigenvalue weighted by atomic mass is 9.95. The van der Waals surface area contributed by atoms with Crippen LogP contribution in [0.1, 0.15) is 36.1 Å². The summed E-state index contributed by atoms with van der Waals surface area (Å²) in [6, 6.07) is 10.7. The lowest BCUT2D eigenvalue weighted by molar-refractivity contribution is -0.131. The van der Waals surface area contributed by atoms with E-state index in [9.17, 15) is 14.4 Å². The summed E-state index contributed by atoms with van der Waals surface area (Å²) in [5.41, 5.74) is 4.40. The number of nitrogens with one attached hydrogen (secondary N) is 2. The first-order chi connectivity index (χ1) is 21.8. The summed E-state index contributed by atoms with van der Waals surface area (Å²) in [5.74, 6) is 1.21. The van der Waals surface area contributed by atoms with Gasteiger partial charge in [-0.15, -0.1) is 0 Å². The number of hydrogen-bond donors (Lipinski definition) is 2. The molecule has 5 rings (SSSR count). The van der Waals surface area contributed by atoms with Crippen LogP contribution in [0.3, 0.4) is 0 Å². The van der Waals surface area contributed by atoms with E-state index in [2.05, 4.69) is 20.5 Å². The van der Waals surface area contributed by atoms with E-state index in [1.807, 2.05) is 29.2 Å². The molecular weight excluding hydrogens is 574 g/mol. The number of rotatable bonds is 10. The Morgan fingerprint density at radius 1 is 0.956 bits per heavy atom. The van der Waals surface area contributed by atoms with E-state index in [1.54, 1.807) is 45.9 Å². The summed E-state index contributed by atoms with van der Waals surface area (Å²) in [7, 11) is 4.68. The van der Waals surface area contributed by atoms with E-state index in [1.165, 1.54) is 12.5 Å². The fourth-order valence-corrected chi connectivity index (χ4v) is 6.19. The lowest BCUT2D eigenvalue weighted by Gasteiger charge is -2.34. The predicted octanol–water partition coefficient (Wildman–Crippen LogP) is 3.06. The third-order valence-corrected chi connectivity index (χ3v) is 8.54. The summed E-state index contributed by atoms with van der Waals surface area (Å²) in [5, 5.41) is 6.10.